The zero-order valence-corrected chi connectivity index (χ0v) is 20.6. The molecule has 3 heterocycles. The molecule has 178 valence electrons. The minimum absolute atomic E-state index is 0.225. The Morgan fingerprint density at radius 1 is 1.18 bits per heavy atom. The number of ether oxygens (including phenoxy) is 2. The predicted octanol–water partition coefficient (Wildman–Crippen LogP) is 2.86. The highest BCUT2D eigenvalue weighted by atomic mass is 32.1. The molecule has 0 fully saturated rings. The average Bonchev–Trinajstić information content (AvgIpc) is 3.39. The van der Waals surface area contributed by atoms with E-state index in [-0.39, 0.29) is 12.2 Å². The molecule has 0 radical (unpaired) electrons. The average molecular weight is 482 g/mol. The highest BCUT2D eigenvalue weighted by Crippen LogP contribution is 2.31. The molecule has 3 aromatic rings. The maximum atomic E-state index is 13.6. The largest absolute Gasteiger partial charge is 0.494 e. The van der Waals surface area contributed by atoms with E-state index in [2.05, 4.69) is 4.99 Å². The summed E-state index contributed by atoms with van der Waals surface area (Å²) in [7, 11) is 3.76. The Labute approximate surface area is 201 Å². The number of hydrogen-bond donors (Lipinski definition) is 0. The molecule has 1 unspecified atom stereocenters. The van der Waals surface area contributed by atoms with Crippen LogP contribution in [0.3, 0.4) is 0 Å². The van der Waals surface area contributed by atoms with Crippen LogP contribution in [0.5, 0.6) is 5.75 Å². The Hall–Kier alpha value is -3.59. The Kier molecular flexibility index (Phi) is 6.74. The van der Waals surface area contributed by atoms with Crippen LogP contribution >= 0.6 is 11.3 Å². The van der Waals surface area contributed by atoms with E-state index in [1.165, 1.54) is 11.3 Å². The summed E-state index contributed by atoms with van der Waals surface area (Å²) in [5.74, 6) is 1.48. The Morgan fingerprint density at radius 2 is 1.91 bits per heavy atom. The number of allylic oxidation sites excluding steroid dienone is 1. The summed E-state index contributed by atoms with van der Waals surface area (Å²) in [5, 5.41) is 0. The van der Waals surface area contributed by atoms with Gasteiger partial charge in [0.1, 0.15) is 11.5 Å². The van der Waals surface area contributed by atoms with Gasteiger partial charge in [0, 0.05) is 26.2 Å². The number of fused-ring (bicyclic) bond motifs is 1. The molecule has 0 saturated carbocycles. The van der Waals surface area contributed by atoms with Crippen molar-refractivity contribution in [1.82, 2.24) is 4.57 Å². The molecule has 0 bridgehead atoms. The van der Waals surface area contributed by atoms with E-state index in [9.17, 15) is 9.59 Å². The molecule has 1 aliphatic rings. The standard InChI is InChI=1S/C25H27N3O5S/c1-6-31-17-10-8-16(9-11-17)22-21(24(30)32-7-2)15(3)26-25-28(22)23(29)19(34-25)14-18-12-13-20(33-18)27(4)5/h8-14,22H,6-7H2,1-5H3/b19-14-. The first-order valence-corrected chi connectivity index (χ1v) is 11.8. The van der Waals surface area contributed by atoms with Gasteiger partial charge < -0.3 is 18.8 Å². The third kappa shape index (κ3) is 4.43. The van der Waals surface area contributed by atoms with Crippen molar-refractivity contribution in [2.24, 2.45) is 4.99 Å². The summed E-state index contributed by atoms with van der Waals surface area (Å²) >= 11 is 1.26. The maximum absolute atomic E-state index is 13.6. The molecule has 1 aliphatic heterocycles. The number of thiazole rings is 1. The van der Waals surface area contributed by atoms with Crippen LogP contribution in [0.15, 0.2) is 61.9 Å². The smallest absolute Gasteiger partial charge is 0.338 e. The second kappa shape index (κ2) is 9.72. The number of carbonyl (C=O) groups is 1. The molecule has 1 atom stereocenters. The van der Waals surface area contributed by atoms with Gasteiger partial charge in [-0.15, -0.1) is 0 Å². The lowest BCUT2D eigenvalue weighted by Gasteiger charge is -2.24. The van der Waals surface area contributed by atoms with Crippen molar-refractivity contribution >= 4 is 29.3 Å². The van der Waals surface area contributed by atoms with Crippen LogP contribution in [-0.2, 0) is 9.53 Å². The van der Waals surface area contributed by atoms with Gasteiger partial charge >= 0.3 is 5.97 Å². The summed E-state index contributed by atoms with van der Waals surface area (Å²) in [6, 6.07) is 10.4. The monoisotopic (exact) mass is 481 g/mol. The number of rotatable bonds is 7. The molecule has 0 N–H and O–H groups in total. The van der Waals surface area contributed by atoms with Crippen molar-refractivity contribution in [1.29, 1.82) is 0 Å². The van der Waals surface area contributed by atoms with E-state index < -0.39 is 12.0 Å². The molecule has 0 saturated heterocycles. The van der Waals surface area contributed by atoms with Gasteiger partial charge in [-0.05, 0) is 44.5 Å². The van der Waals surface area contributed by atoms with Crippen LogP contribution < -0.4 is 24.5 Å². The second-order valence-corrected chi connectivity index (χ2v) is 8.88. The lowest BCUT2D eigenvalue weighted by atomic mass is 9.96. The quantitative estimate of drug-likeness (QED) is 0.483. The van der Waals surface area contributed by atoms with Crippen molar-refractivity contribution in [2.75, 3.05) is 32.2 Å². The molecule has 0 amide bonds. The van der Waals surface area contributed by atoms with Crippen molar-refractivity contribution in [3.05, 3.63) is 78.7 Å². The van der Waals surface area contributed by atoms with Gasteiger partial charge in [-0.2, -0.15) is 0 Å². The van der Waals surface area contributed by atoms with Crippen molar-refractivity contribution < 1.29 is 18.7 Å². The molecule has 2 aromatic heterocycles. The van der Waals surface area contributed by atoms with Gasteiger partial charge in [0.2, 0.25) is 0 Å². The molecule has 4 rings (SSSR count). The van der Waals surface area contributed by atoms with E-state index in [0.717, 1.165) is 5.56 Å². The Bertz CT molecular complexity index is 1410. The van der Waals surface area contributed by atoms with Gasteiger partial charge in [-0.1, -0.05) is 23.5 Å². The zero-order chi connectivity index (χ0) is 24.4. The number of hydrogen-bond acceptors (Lipinski definition) is 8. The maximum Gasteiger partial charge on any atom is 0.338 e. The molecule has 8 nitrogen and oxygen atoms in total. The number of esters is 1. The minimum Gasteiger partial charge on any atom is -0.494 e. The van der Waals surface area contributed by atoms with Crippen molar-refractivity contribution in [2.45, 2.75) is 26.8 Å². The van der Waals surface area contributed by atoms with E-state index in [0.29, 0.717) is 44.6 Å². The van der Waals surface area contributed by atoms with E-state index in [1.807, 2.05) is 62.3 Å². The molecular weight excluding hydrogens is 454 g/mol. The van der Waals surface area contributed by atoms with Crippen LogP contribution in [0, 0.1) is 0 Å². The molecule has 0 aliphatic carbocycles. The topological polar surface area (TPSA) is 86.3 Å². The normalized spacial score (nSPS) is 15.7. The molecular formula is C25H27N3O5S. The third-order valence-corrected chi connectivity index (χ3v) is 6.33. The molecule has 0 spiro atoms. The zero-order valence-electron chi connectivity index (χ0n) is 19.8. The first-order chi connectivity index (χ1) is 16.3. The Balaban J connectivity index is 1.88. The lowest BCUT2D eigenvalue weighted by molar-refractivity contribution is -0.139. The predicted molar refractivity (Wildman–Crippen MR) is 131 cm³/mol. The van der Waals surface area contributed by atoms with Crippen LogP contribution in [0.25, 0.3) is 6.08 Å². The van der Waals surface area contributed by atoms with Crippen molar-refractivity contribution in [3.8, 4) is 5.75 Å². The van der Waals surface area contributed by atoms with Crippen LogP contribution in [-0.4, -0.2) is 37.8 Å². The van der Waals surface area contributed by atoms with Crippen LogP contribution in [0.4, 0.5) is 5.88 Å². The summed E-state index contributed by atoms with van der Waals surface area (Å²) in [6.45, 7) is 6.20. The molecule has 34 heavy (non-hydrogen) atoms. The lowest BCUT2D eigenvalue weighted by Crippen LogP contribution is -2.39. The number of furan rings is 1. The summed E-state index contributed by atoms with van der Waals surface area (Å²) < 4.78 is 18.7. The fourth-order valence-corrected chi connectivity index (χ4v) is 4.84. The molecule has 1 aromatic carbocycles. The van der Waals surface area contributed by atoms with Crippen LogP contribution in [0.1, 0.15) is 38.1 Å². The van der Waals surface area contributed by atoms with Gasteiger partial charge in [-0.25, -0.2) is 9.79 Å². The SMILES string of the molecule is CCOC(=O)C1=C(C)N=c2s/c(=C\c3ccc(N(C)C)o3)c(=O)n2C1c1ccc(OCC)cc1. The van der Waals surface area contributed by atoms with Crippen molar-refractivity contribution in [3.63, 3.8) is 0 Å². The van der Waals surface area contributed by atoms with Gasteiger partial charge in [0.15, 0.2) is 10.7 Å². The first-order valence-electron chi connectivity index (χ1n) is 11.0. The third-order valence-electron chi connectivity index (χ3n) is 5.35. The second-order valence-electron chi connectivity index (χ2n) is 7.87. The Morgan fingerprint density at radius 3 is 2.53 bits per heavy atom. The molecule has 9 heteroatoms. The van der Waals surface area contributed by atoms with E-state index >= 15 is 0 Å². The highest BCUT2D eigenvalue weighted by molar-refractivity contribution is 7.07. The highest BCUT2D eigenvalue weighted by Gasteiger charge is 2.33. The summed E-state index contributed by atoms with van der Waals surface area (Å²) in [5.41, 5.74) is 1.39. The number of anilines is 1. The van der Waals surface area contributed by atoms with Gasteiger partial charge in [-0.3, -0.25) is 9.36 Å². The fourth-order valence-electron chi connectivity index (χ4n) is 3.81. The summed E-state index contributed by atoms with van der Waals surface area (Å²) in [4.78, 5) is 33.5. The number of benzene rings is 1. The van der Waals surface area contributed by atoms with Gasteiger partial charge in [0.05, 0.1) is 35.1 Å². The number of nitrogens with zero attached hydrogens (tertiary/aromatic N) is 3. The number of aromatic nitrogens is 1. The minimum atomic E-state index is -0.665. The van der Waals surface area contributed by atoms with Gasteiger partial charge in [0.25, 0.3) is 5.56 Å². The first kappa shape index (κ1) is 23.6. The summed E-state index contributed by atoms with van der Waals surface area (Å²) in [6.07, 6.45) is 1.70. The van der Waals surface area contributed by atoms with E-state index in [1.54, 1.807) is 24.5 Å². The van der Waals surface area contributed by atoms with E-state index in [4.69, 9.17) is 13.9 Å². The number of carbonyl (C=O) groups excluding carboxylic acids is 1. The fraction of sp³-hybridized carbons (Fsp3) is 0.320. The van der Waals surface area contributed by atoms with Crippen LogP contribution in [0.2, 0.25) is 0 Å².